The summed E-state index contributed by atoms with van der Waals surface area (Å²) in [6, 6.07) is 7.45. The van der Waals surface area contributed by atoms with Crippen molar-refractivity contribution in [2.75, 3.05) is 6.54 Å². The number of carbonyl (C=O) groups excluding carboxylic acids is 1. The molecular formula is C24H36FN3OS. The highest BCUT2D eigenvalue weighted by Crippen LogP contribution is 2.25. The van der Waals surface area contributed by atoms with Crippen LogP contribution in [0.15, 0.2) is 24.3 Å². The summed E-state index contributed by atoms with van der Waals surface area (Å²) < 4.78 is 14.3. The summed E-state index contributed by atoms with van der Waals surface area (Å²) in [5.41, 5.74) is 0.645. The second kappa shape index (κ2) is 12.2. The van der Waals surface area contributed by atoms with E-state index in [0.29, 0.717) is 23.3 Å². The van der Waals surface area contributed by atoms with Gasteiger partial charge < -0.3 is 15.5 Å². The van der Waals surface area contributed by atoms with E-state index in [1.807, 2.05) is 12.1 Å². The van der Waals surface area contributed by atoms with Crippen LogP contribution in [0, 0.1) is 5.82 Å². The van der Waals surface area contributed by atoms with E-state index < -0.39 is 0 Å². The third kappa shape index (κ3) is 7.22. The van der Waals surface area contributed by atoms with Crippen molar-refractivity contribution in [3.8, 4) is 0 Å². The lowest BCUT2D eigenvalue weighted by molar-refractivity contribution is -0.120. The Morgan fingerprint density at radius 1 is 0.967 bits per heavy atom. The lowest BCUT2D eigenvalue weighted by atomic mass is 9.94. The van der Waals surface area contributed by atoms with Crippen molar-refractivity contribution < 1.29 is 9.18 Å². The van der Waals surface area contributed by atoms with Crippen molar-refractivity contribution in [3.05, 3.63) is 35.6 Å². The second-order valence-electron chi connectivity index (χ2n) is 8.78. The molecule has 0 atom stereocenters. The molecule has 30 heavy (non-hydrogen) atoms. The topological polar surface area (TPSA) is 44.4 Å². The molecule has 1 amide bonds. The molecular weight excluding hydrogens is 397 g/mol. The van der Waals surface area contributed by atoms with Gasteiger partial charge in [0.1, 0.15) is 5.82 Å². The average molecular weight is 434 g/mol. The van der Waals surface area contributed by atoms with Crippen LogP contribution in [0.2, 0.25) is 0 Å². The van der Waals surface area contributed by atoms with E-state index in [2.05, 4.69) is 15.5 Å². The van der Waals surface area contributed by atoms with Crippen LogP contribution in [0.25, 0.3) is 0 Å². The molecule has 0 unspecified atom stereocenters. The van der Waals surface area contributed by atoms with Gasteiger partial charge in [-0.2, -0.15) is 0 Å². The standard InChI is InChI=1S/C24H36FN3OS/c25-22-16-10-9-11-19(22)18-28(21-14-7-4-8-15-21)24(30)26-17-23(29)27-20-12-5-2-1-3-6-13-20/h9-11,16,20-21H,1-8,12-15,17-18H2,(H,26,30)(H,27,29). The minimum Gasteiger partial charge on any atom is -0.353 e. The molecule has 4 nitrogen and oxygen atoms in total. The van der Waals surface area contributed by atoms with Crippen LogP contribution in [0.3, 0.4) is 0 Å². The smallest absolute Gasteiger partial charge is 0.239 e. The van der Waals surface area contributed by atoms with E-state index in [1.165, 1.54) is 57.4 Å². The first kappa shape index (κ1) is 23.0. The summed E-state index contributed by atoms with van der Waals surface area (Å²) in [5, 5.41) is 6.89. The molecule has 1 aromatic rings. The van der Waals surface area contributed by atoms with E-state index in [1.54, 1.807) is 6.07 Å². The van der Waals surface area contributed by atoms with Crippen molar-refractivity contribution in [2.24, 2.45) is 0 Å². The van der Waals surface area contributed by atoms with Gasteiger partial charge in [-0.05, 0) is 44.0 Å². The Hall–Kier alpha value is -1.69. The Kier molecular flexibility index (Phi) is 9.37. The summed E-state index contributed by atoms with van der Waals surface area (Å²) in [5.74, 6) is -0.208. The first-order chi connectivity index (χ1) is 14.6. The fourth-order valence-electron chi connectivity index (χ4n) is 4.71. The Morgan fingerprint density at radius 3 is 2.27 bits per heavy atom. The molecule has 0 aromatic heterocycles. The number of nitrogens with zero attached hydrogens (tertiary/aromatic N) is 1. The van der Waals surface area contributed by atoms with Gasteiger partial charge in [-0.25, -0.2) is 4.39 Å². The van der Waals surface area contributed by atoms with Crippen molar-refractivity contribution in [2.45, 2.75) is 95.7 Å². The fraction of sp³-hybridized carbons (Fsp3) is 0.667. The lowest BCUT2D eigenvalue weighted by Crippen LogP contribution is -2.49. The zero-order chi connectivity index (χ0) is 21.2. The van der Waals surface area contributed by atoms with Gasteiger partial charge in [0.2, 0.25) is 5.91 Å². The first-order valence-electron chi connectivity index (χ1n) is 11.7. The number of amides is 1. The SMILES string of the molecule is O=C(CNC(=S)N(Cc1ccccc1F)C1CCCCC1)NC1CCCCCCC1. The molecule has 2 aliphatic carbocycles. The molecule has 0 aliphatic heterocycles. The van der Waals surface area contributed by atoms with E-state index in [4.69, 9.17) is 12.2 Å². The minimum absolute atomic E-state index is 0.00240. The summed E-state index contributed by atoms with van der Waals surface area (Å²) in [4.78, 5) is 14.6. The maximum Gasteiger partial charge on any atom is 0.239 e. The van der Waals surface area contributed by atoms with Crippen molar-refractivity contribution in [3.63, 3.8) is 0 Å². The van der Waals surface area contributed by atoms with E-state index in [-0.39, 0.29) is 24.3 Å². The van der Waals surface area contributed by atoms with Crippen LogP contribution >= 0.6 is 12.2 Å². The lowest BCUT2D eigenvalue weighted by Gasteiger charge is -2.36. The highest BCUT2D eigenvalue weighted by atomic mass is 32.1. The van der Waals surface area contributed by atoms with Gasteiger partial charge in [0.15, 0.2) is 5.11 Å². The quantitative estimate of drug-likeness (QED) is 0.615. The van der Waals surface area contributed by atoms with E-state index in [0.717, 1.165) is 25.7 Å². The summed E-state index contributed by atoms with van der Waals surface area (Å²) in [6.07, 6.45) is 14.1. The van der Waals surface area contributed by atoms with Gasteiger partial charge in [0, 0.05) is 24.2 Å². The maximum absolute atomic E-state index is 14.3. The third-order valence-corrected chi connectivity index (χ3v) is 6.82. The molecule has 1 aromatic carbocycles. The van der Waals surface area contributed by atoms with Gasteiger partial charge in [0.25, 0.3) is 0 Å². The molecule has 2 fully saturated rings. The van der Waals surface area contributed by atoms with Gasteiger partial charge >= 0.3 is 0 Å². The van der Waals surface area contributed by atoms with E-state index in [9.17, 15) is 9.18 Å². The second-order valence-corrected chi connectivity index (χ2v) is 9.17. The maximum atomic E-state index is 14.3. The Balaban J connectivity index is 1.55. The molecule has 2 aliphatic rings. The van der Waals surface area contributed by atoms with Gasteiger partial charge in [0.05, 0.1) is 6.54 Å². The van der Waals surface area contributed by atoms with Gasteiger partial charge in [-0.1, -0.05) is 69.6 Å². The van der Waals surface area contributed by atoms with Crippen molar-refractivity contribution in [1.82, 2.24) is 15.5 Å². The Morgan fingerprint density at radius 2 is 1.57 bits per heavy atom. The molecule has 2 N–H and O–H groups in total. The zero-order valence-corrected chi connectivity index (χ0v) is 18.8. The normalized spacial score (nSPS) is 18.8. The molecule has 0 saturated heterocycles. The Labute approximate surface area is 186 Å². The third-order valence-electron chi connectivity index (χ3n) is 6.45. The van der Waals surface area contributed by atoms with Crippen LogP contribution < -0.4 is 10.6 Å². The summed E-state index contributed by atoms with van der Waals surface area (Å²) in [6.45, 7) is 0.614. The zero-order valence-electron chi connectivity index (χ0n) is 18.0. The number of hydrogen-bond donors (Lipinski definition) is 2. The number of benzene rings is 1. The molecule has 0 spiro atoms. The highest BCUT2D eigenvalue weighted by molar-refractivity contribution is 7.80. The molecule has 6 heteroatoms. The Bertz CT molecular complexity index is 685. The number of hydrogen-bond acceptors (Lipinski definition) is 2. The molecule has 0 bridgehead atoms. The number of carbonyl (C=O) groups is 1. The minimum atomic E-state index is -0.205. The van der Waals surface area contributed by atoms with Crippen LogP contribution in [-0.4, -0.2) is 34.5 Å². The first-order valence-corrected chi connectivity index (χ1v) is 12.1. The number of rotatable bonds is 6. The van der Waals surface area contributed by atoms with Crippen molar-refractivity contribution in [1.29, 1.82) is 0 Å². The highest BCUT2D eigenvalue weighted by Gasteiger charge is 2.25. The largest absolute Gasteiger partial charge is 0.353 e. The number of halogens is 1. The van der Waals surface area contributed by atoms with Gasteiger partial charge in [-0.15, -0.1) is 0 Å². The molecule has 2 saturated carbocycles. The van der Waals surface area contributed by atoms with Crippen molar-refractivity contribution >= 4 is 23.2 Å². The average Bonchev–Trinajstić information content (AvgIpc) is 2.74. The van der Waals surface area contributed by atoms with Crippen LogP contribution in [0.1, 0.15) is 82.6 Å². The predicted molar refractivity (Wildman–Crippen MR) is 124 cm³/mol. The summed E-state index contributed by atoms with van der Waals surface area (Å²) in [7, 11) is 0. The monoisotopic (exact) mass is 433 g/mol. The number of thiocarbonyl (C=S) groups is 1. The van der Waals surface area contributed by atoms with Crippen LogP contribution in [0.4, 0.5) is 4.39 Å². The van der Waals surface area contributed by atoms with Crippen LogP contribution in [-0.2, 0) is 11.3 Å². The fourth-order valence-corrected chi connectivity index (χ4v) is 4.99. The summed E-state index contributed by atoms with van der Waals surface area (Å²) >= 11 is 5.67. The molecule has 0 heterocycles. The van der Waals surface area contributed by atoms with Crippen LogP contribution in [0.5, 0.6) is 0 Å². The van der Waals surface area contributed by atoms with E-state index >= 15 is 0 Å². The molecule has 3 rings (SSSR count). The molecule has 0 radical (unpaired) electrons. The molecule has 166 valence electrons. The number of nitrogens with one attached hydrogen (secondary N) is 2. The predicted octanol–water partition coefficient (Wildman–Crippen LogP) is 5.06. The van der Waals surface area contributed by atoms with Gasteiger partial charge in [-0.3, -0.25) is 4.79 Å².